The van der Waals surface area contributed by atoms with E-state index in [9.17, 15) is 4.39 Å². The van der Waals surface area contributed by atoms with Crippen molar-refractivity contribution in [1.82, 2.24) is 14.8 Å². The molecule has 0 spiro atoms. The first kappa shape index (κ1) is 15.3. The summed E-state index contributed by atoms with van der Waals surface area (Å²) in [6.45, 7) is 1.88. The maximum atomic E-state index is 13.8. The highest BCUT2D eigenvalue weighted by molar-refractivity contribution is 9.10. The van der Waals surface area contributed by atoms with Crippen LogP contribution in [0, 0.1) is 12.7 Å². The third-order valence-electron chi connectivity index (χ3n) is 3.31. The molecule has 0 fully saturated rings. The molecule has 2 aromatic heterocycles. The zero-order valence-corrected chi connectivity index (χ0v) is 14.4. The van der Waals surface area contributed by atoms with Crippen molar-refractivity contribution < 1.29 is 8.81 Å². The Morgan fingerprint density at radius 3 is 2.82 bits per heavy atom. The predicted octanol–water partition coefficient (Wildman–Crippen LogP) is 4.58. The maximum absolute atomic E-state index is 13.8. The van der Waals surface area contributed by atoms with E-state index in [0.29, 0.717) is 11.3 Å². The average molecular weight is 382 g/mol. The van der Waals surface area contributed by atoms with Crippen molar-refractivity contribution in [3.8, 4) is 11.4 Å². The normalized spacial score (nSPS) is 11.1. The van der Waals surface area contributed by atoms with E-state index in [0.717, 1.165) is 26.8 Å². The highest BCUT2D eigenvalue weighted by Gasteiger charge is 2.15. The fourth-order valence-electron chi connectivity index (χ4n) is 2.07. The van der Waals surface area contributed by atoms with Crippen molar-refractivity contribution in [1.29, 1.82) is 0 Å². The number of hydrogen-bond acceptors (Lipinski definition) is 4. The molecule has 0 aliphatic carbocycles. The Morgan fingerprint density at radius 2 is 2.14 bits per heavy atom. The van der Waals surface area contributed by atoms with E-state index in [-0.39, 0.29) is 5.82 Å². The molecule has 0 radical (unpaired) electrons. The molecule has 0 N–H and O–H groups in total. The van der Waals surface area contributed by atoms with Gasteiger partial charge >= 0.3 is 0 Å². The van der Waals surface area contributed by atoms with Gasteiger partial charge in [-0.05, 0) is 30.7 Å². The lowest BCUT2D eigenvalue weighted by Gasteiger charge is -2.05. The number of aromatic nitrogens is 3. The summed E-state index contributed by atoms with van der Waals surface area (Å²) in [4.78, 5) is 0. The van der Waals surface area contributed by atoms with Crippen molar-refractivity contribution >= 4 is 27.7 Å². The molecule has 22 heavy (non-hydrogen) atoms. The lowest BCUT2D eigenvalue weighted by atomic mass is 10.2. The number of furan rings is 1. The summed E-state index contributed by atoms with van der Waals surface area (Å²) in [7, 11) is 1.89. The summed E-state index contributed by atoms with van der Waals surface area (Å²) in [6, 6.07) is 6.93. The van der Waals surface area contributed by atoms with Crippen LogP contribution in [0.15, 0.2) is 44.6 Å². The third-order valence-corrected chi connectivity index (χ3v) is 4.87. The Kier molecular flexibility index (Phi) is 4.35. The van der Waals surface area contributed by atoms with Crippen LogP contribution in [0.5, 0.6) is 0 Å². The van der Waals surface area contributed by atoms with Crippen LogP contribution in [-0.2, 0) is 12.8 Å². The van der Waals surface area contributed by atoms with E-state index >= 15 is 0 Å². The van der Waals surface area contributed by atoms with E-state index in [1.165, 1.54) is 17.8 Å². The molecule has 0 aliphatic rings. The number of nitrogens with zero attached hydrogens (tertiary/aromatic N) is 3. The molecule has 0 amide bonds. The molecule has 0 bridgehead atoms. The molecule has 0 saturated carbocycles. The number of hydrogen-bond donors (Lipinski definition) is 0. The van der Waals surface area contributed by atoms with E-state index in [2.05, 4.69) is 26.1 Å². The Morgan fingerprint density at radius 1 is 1.32 bits per heavy atom. The molecule has 114 valence electrons. The standard InChI is InChI=1S/C15H13BrFN3OS/c1-9-12(5-6-21-9)14-18-19-15(20(14)2)22-8-10-3-4-11(16)7-13(10)17/h3-7H,8H2,1-2H3. The molecule has 3 aromatic rings. The largest absolute Gasteiger partial charge is 0.469 e. The lowest BCUT2D eigenvalue weighted by Crippen LogP contribution is -1.96. The van der Waals surface area contributed by atoms with E-state index in [4.69, 9.17) is 4.42 Å². The summed E-state index contributed by atoms with van der Waals surface area (Å²) in [6.07, 6.45) is 1.63. The third kappa shape index (κ3) is 2.96. The second-order valence-corrected chi connectivity index (χ2v) is 6.64. The molecule has 3 rings (SSSR count). The van der Waals surface area contributed by atoms with Crippen LogP contribution < -0.4 is 0 Å². The lowest BCUT2D eigenvalue weighted by molar-refractivity contribution is 0.534. The number of halogens is 2. The topological polar surface area (TPSA) is 43.9 Å². The second kappa shape index (κ2) is 6.26. The van der Waals surface area contributed by atoms with Gasteiger partial charge < -0.3 is 8.98 Å². The van der Waals surface area contributed by atoms with Crippen molar-refractivity contribution in [3.63, 3.8) is 0 Å². The van der Waals surface area contributed by atoms with Gasteiger partial charge in [0.2, 0.25) is 0 Å². The first-order chi connectivity index (χ1) is 10.6. The summed E-state index contributed by atoms with van der Waals surface area (Å²) in [5.74, 6) is 1.81. The smallest absolute Gasteiger partial charge is 0.191 e. The molecule has 4 nitrogen and oxygen atoms in total. The van der Waals surface area contributed by atoms with Crippen molar-refractivity contribution in [2.75, 3.05) is 0 Å². The van der Waals surface area contributed by atoms with Crippen molar-refractivity contribution in [3.05, 3.63) is 52.1 Å². The van der Waals surface area contributed by atoms with E-state index < -0.39 is 0 Å². The second-order valence-electron chi connectivity index (χ2n) is 4.78. The Balaban J connectivity index is 1.79. The van der Waals surface area contributed by atoms with Gasteiger partial charge in [0.05, 0.1) is 11.8 Å². The minimum Gasteiger partial charge on any atom is -0.469 e. The average Bonchev–Trinajstić information content (AvgIpc) is 3.04. The monoisotopic (exact) mass is 381 g/mol. The van der Waals surface area contributed by atoms with Crippen molar-refractivity contribution in [2.45, 2.75) is 17.8 Å². The predicted molar refractivity (Wildman–Crippen MR) is 87.1 cm³/mol. The van der Waals surface area contributed by atoms with Crippen LogP contribution in [-0.4, -0.2) is 14.8 Å². The van der Waals surface area contributed by atoms with Gasteiger partial charge in [-0.15, -0.1) is 10.2 Å². The summed E-state index contributed by atoms with van der Waals surface area (Å²) in [5, 5.41) is 9.11. The maximum Gasteiger partial charge on any atom is 0.191 e. The summed E-state index contributed by atoms with van der Waals surface area (Å²) in [5.41, 5.74) is 1.55. The van der Waals surface area contributed by atoms with Gasteiger partial charge in [0.1, 0.15) is 11.6 Å². The molecule has 2 heterocycles. The molecule has 1 aromatic carbocycles. The quantitative estimate of drug-likeness (QED) is 0.620. The Labute approximate surface area is 139 Å². The molecule has 0 unspecified atom stereocenters. The van der Waals surface area contributed by atoms with Crippen molar-refractivity contribution in [2.24, 2.45) is 7.05 Å². The minimum absolute atomic E-state index is 0.227. The summed E-state index contributed by atoms with van der Waals surface area (Å²) >= 11 is 4.70. The summed E-state index contributed by atoms with van der Waals surface area (Å²) < 4.78 is 21.8. The zero-order chi connectivity index (χ0) is 15.7. The van der Waals surface area contributed by atoms with Gasteiger partial charge in [-0.1, -0.05) is 33.8 Å². The van der Waals surface area contributed by atoms with E-state index in [1.54, 1.807) is 12.3 Å². The molecule has 7 heteroatoms. The van der Waals surface area contributed by atoms with Gasteiger partial charge in [-0.3, -0.25) is 0 Å². The van der Waals surface area contributed by atoms with Gasteiger partial charge in [-0.25, -0.2) is 4.39 Å². The Hall–Kier alpha value is -1.60. The van der Waals surface area contributed by atoms with Crippen LogP contribution in [0.4, 0.5) is 4.39 Å². The first-order valence-electron chi connectivity index (χ1n) is 6.57. The van der Waals surface area contributed by atoms with Crippen LogP contribution in [0.3, 0.4) is 0 Å². The molecule has 0 aliphatic heterocycles. The Bertz CT molecular complexity index is 815. The van der Waals surface area contributed by atoms with E-state index in [1.807, 2.05) is 30.7 Å². The molecular weight excluding hydrogens is 369 g/mol. The fraction of sp³-hybridized carbons (Fsp3) is 0.200. The van der Waals surface area contributed by atoms with Gasteiger partial charge in [0.25, 0.3) is 0 Å². The van der Waals surface area contributed by atoms with Gasteiger partial charge in [0.15, 0.2) is 11.0 Å². The number of aryl methyl sites for hydroxylation is 1. The van der Waals surface area contributed by atoms with Crippen LogP contribution in [0.2, 0.25) is 0 Å². The highest BCUT2D eigenvalue weighted by Crippen LogP contribution is 2.28. The molecule has 0 atom stereocenters. The van der Waals surface area contributed by atoms with Crippen LogP contribution >= 0.6 is 27.7 Å². The SMILES string of the molecule is Cc1occc1-c1nnc(SCc2ccc(Br)cc2F)n1C. The fourth-order valence-corrected chi connectivity index (χ4v) is 3.30. The van der Waals surface area contributed by atoms with Crippen LogP contribution in [0.1, 0.15) is 11.3 Å². The van der Waals surface area contributed by atoms with Gasteiger partial charge in [-0.2, -0.15) is 0 Å². The molecule has 0 saturated heterocycles. The first-order valence-corrected chi connectivity index (χ1v) is 8.34. The number of benzene rings is 1. The van der Waals surface area contributed by atoms with Gasteiger partial charge in [0, 0.05) is 17.3 Å². The van der Waals surface area contributed by atoms with Crippen LogP contribution in [0.25, 0.3) is 11.4 Å². The molecular formula is C15H13BrFN3OS. The zero-order valence-electron chi connectivity index (χ0n) is 12.0. The number of thioether (sulfide) groups is 1. The highest BCUT2D eigenvalue weighted by atomic mass is 79.9. The minimum atomic E-state index is -0.227. The number of rotatable bonds is 4.